The van der Waals surface area contributed by atoms with Gasteiger partial charge in [-0.05, 0) is 60.9 Å². The first-order valence-electron chi connectivity index (χ1n) is 7.58. The maximum absolute atomic E-state index is 6.31. The van der Waals surface area contributed by atoms with Gasteiger partial charge >= 0.3 is 0 Å². The van der Waals surface area contributed by atoms with E-state index >= 15 is 0 Å². The molecular formula is C17H28ClNO. The molecule has 0 bridgehead atoms. The third-order valence-electron chi connectivity index (χ3n) is 3.99. The standard InChI is InChI=1S/C17H28ClNO/c1-6-20-17-15(11(2)3)9-14(18)10-16(17)13(5)12(4)7-8-19/h9-13H,6-8,19H2,1-5H3. The lowest BCUT2D eigenvalue weighted by Crippen LogP contribution is -2.14. The predicted molar refractivity (Wildman–Crippen MR) is 88.0 cm³/mol. The molecule has 20 heavy (non-hydrogen) atoms. The van der Waals surface area contributed by atoms with Crippen molar-refractivity contribution in [3.8, 4) is 5.75 Å². The molecule has 0 saturated carbocycles. The van der Waals surface area contributed by atoms with Gasteiger partial charge in [-0.1, -0.05) is 39.3 Å². The molecule has 1 aromatic rings. The van der Waals surface area contributed by atoms with Crippen LogP contribution in [0.3, 0.4) is 0 Å². The van der Waals surface area contributed by atoms with Crippen LogP contribution in [0.25, 0.3) is 0 Å². The Morgan fingerprint density at radius 1 is 1.15 bits per heavy atom. The molecule has 3 heteroatoms. The molecule has 2 unspecified atom stereocenters. The minimum Gasteiger partial charge on any atom is -0.493 e. The van der Waals surface area contributed by atoms with E-state index in [2.05, 4.69) is 33.8 Å². The molecule has 0 heterocycles. The van der Waals surface area contributed by atoms with Crippen LogP contribution in [0.5, 0.6) is 5.75 Å². The summed E-state index contributed by atoms with van der Waals surface area (Å²) in [5, 5.41) is 0.791. The Bertz CT molecular complexity index is 431. The van der Waals surface area contributed by atoms with E-state index < -0.39 is 0 Å². The Morgan fingerprint density at radius 3 is 2.25 bits per heavy atom. The van der Waals surface area contributed by atoms with Crippen molar-refractivity contribution in [2.24, 2.45) is 11.7 Å². The van der Waals surface area contributed by atoms with Gasteiger partial charge in [0.25, 0.3) is 0 Å². The zero-order valence-corrected chi connectivity index (χ0v) is 14.1. The van der Waals surface area contributed by atoms with E-state index in [1.165, 1.54) is 11.1 Å². The first-order valence-corrected chi connectivity index (χ1v) is 7.96. The highest BCUT2D eigenvalue weighted by atomic mass is 35.5. The van der Waals surface area contributed by atoms with Crippen molar-refractivity contribution in [2.75, 3.05) is 13.2 Å². The van der Waals surface area contributed by atoms with Crippen LogP contribution in [0.2, 0.25) is 5.02 Å². The molecule has 2 atom stereocenters. The van der Waals surface area contributed by atoms with Gasteiger partial charge < -0.3 is 10.5 Å². The lowest BCUT2D eigenvalue weighted by molar-refractivity contribution is 0.324. The number of halogens is 1. The molecule has 1 rings (SSSR count). The van der Waals surface area contributed by atoms with Crippen LogP contribution >= 0.6 is 11.6 Å². The monoisotopic (exact) mass is 297 g/mol. The molecule has 2 N–H and O–H groups in total. The lowest BCUT2D eigenvalue weighted by Gasteiger charge is -2.25. The number of hydrogen-bond acceptors (Lipinski definition) is 2. The third kappa shape index (κ3) is 4.13. The van der Waals surface area contributed by atoms with Crippen molar-refractivity contribution in [3.05, 3.63) is 28.3 Å². The number of nitrogens with two attached hydrogens (primary N) is 1. The Kier molecular flexibility index (Phi) is 6.84. The average molecular weight is 298 g/mol. The van der Waals surface area contributed by atoms with Crippen LogP contribution < -0.4 is 10.5 Å². The quantitative estimate of drug-likeness (QED) is 0.773. The summed E-state index contributed by atoms with van der Waals surface area (Å²) in [7, 11) is 0. The Morgan fingerprint density at radius 2 is 1.75 bits per heavy atom. The maximum atomic E-state index is 6.31. The molecule has 0 radical (unpaired) electrons. The molecule has 0 aliphatic heterocycles. The fourth-order valence-electron chi connectivity index (χ4n) is 2.53. The summed E-state index contributed by atoms with van der Waals surface area (Å²) < 4.78 is 5.94. The maximum Gasteiger partial charge on any atom is 0.126 e. The molecule has 0 aliphatic rings. The third-order valence-corrected chi connectivity index (χ3v) is 4.21. The summed E-state index contributed by atoms with van der Waals surface area (Å²) in [6.07, 6.45) is 1.01. The van der Waals surface area contributed by atoms with E-state index in [-0.39, 0.29) is 0 Å². The first-order chi connectivity index (χ1) is 9.42. The second kappa shape index (κ2) is 7.90. The van der Waals surface area contributed by atoms with Crippen molar-refractivity contribution >= 4 is 11.6 Å². The minimum atomic E-state index is 0.385. The smallest absolute Gasteiger partial charge is 0.126 e. The topological polar surface area (TPSA) is 35.2 Å². The fraction of sp³-hybridized carbons (Fsp3) is 0.647. The van der Waals surface area contributed by atoms with Crippen molar-refractivity contribution in [2.45, 2.75) is 52.9 Å². The molecule has 0 fully saturated rings. The number of ether oxygens (including phenoxy) is 1. The van der Waals surface area contributed by atoms with Crippen LogP contribution in [0.1, 0.15) is 64.0 Å². The van der Waals surface area contributed by atoms with Crippen LogP contribution in [-0.2, 0) is 0 Å². The normalized spacial score (nSPS) is 14.4. The summed E-state index contributed by atoms with van der Waals surface area (Å²) in [5.41, 5.74) is 8.10. The summed E-state index contributed by atoms with van der Waals surface area (Å²) in [4.78, 5) is 0. The van der Waals surface area contributed by atoms with Gasteiger partial charge in [-0.15, -0.1) is 0 Å². The van der Waals surface area contributed by atoms with Crippen molar-refractivity contribution in [1.29, 1.82) is 0 Å². The molecule has 0 aromatic heterocycles. The Hall–Kier alpha value is -0.730. The van der Waals surface area contributed by atoms with E-state index in [1.807, 2.05) is 13.0 Å². The SMILES string of the molecule is CCOc1c(C(C)C)cc(Cl)cc1C(C)C(C)CCN. The largest absolute Gasteiger partial charge is 0.493 e. The molecule has 114 valence electrons. The van der Waals surface area contributed by atoms with Crippen molar-refractivity contribution < 1.29 is 4.74 Å². The lowest BCUT2D eigenvalue weighted by atomic mass is 9.84. The van der Waals surface area contributed by atoms with Crippen molar-refractivity contribution in [3.63, 3.8) is 0 Å². The molecule has 0 spiro atoms. The van der Waals surface area contributed by atoms with E-state index in [9.17, 15) is 0 Å². The number of rotatable bonds is 7. The van der Waals surface area contributed by atoms with Gasteiger partial charge in [-0.3, -0.25) is 0 Å². The summed E-state index contributed by atoms with van der Waals surface area (Å²) in [6, 6.07) is 4.08. The average Bonchev–Trinajstić information content (AvgIpc) is 2.39. The van der Waals surface area contributed by atoms with E-state index in [0.29, 0.717) is 30.9 Å². The highest BCUT2D eigenvalue weighted by molar-refractivity contribution is 6.30. The number of hydrogen-bond donors (Lipinski definition) is 1. The molecule has 2 nitrogen and oxygen atoms in total. The van der Waals surface area contributed by atoms with Gasteiger partial charge in [0.1, 0.15) is 5.75 Å². The van der Waals surface area contributed by atoms with Gasteiger partial charge in [0, 0.05) is 5.02 Å². The molecule has 1 aromatic carbocycles. The van der Waals surface area contributed by atoms with Crippen LogP contribution in [0, 0.1) is 5.92 Å². The van der Waals surface area contributed by atoms with E-state index in [1.54, 1.807) is 0 Å². The number of benzene rings is 1. The molecule has 0 amide bonds. The summed E-state index contributed by atoms with van der Waals surface area (Å²) in [6.45, 7) is 12.2. The second-order valence-corrected chi connectivity index (χ2v) is 6.28. The highest BCUT2D eigenvalue weighted by Gasteiger charge is 2.22. The van der Waals surface area contributed by atoms with E-state index in [0.717, 1.165) is 17.2 Å². The van der Waals surface area contributed by atoms with Gasteiger partial charge in [0.15, 0.2) is 0 Å². The van der Waals surface area contributed by atoms with Gasteiger partial charge in [0.2, 0.25) is 0 Å². The van der Waals surface area contributed by atoms with E-state index in [4.69, 9.17) is 22.1 Å². The summed E-state index contributed by atoms with van der Waals surface area (Å²) in [5.74, 6) is 2.31. The van der Waals surface area contributed by atoms with Gasteiger partial charge in [-0.25, -0.2) is 0 Å². The van der Waals surface area contributed by atoms with Crippen molar-refractivity contribution in [1.82, 2.24) is 0 Å². The zero-order valence-electron chi connectivity index (χ0n) is 13.4. The summed E-state index contributed by atoms with van der Waals surface area (Å²) >= 11 is 6.31. The first kappa shape index (κ1) is 17.3. The van der Waals surface area contributed by atoms with Crippen LogP contribution in [0.4, 0.5) is 0 Å². The van der Waals surface area contributed by atoms with Crippen LogP contribution in [-0.4, -0.2) is 13.2 Å². The van der Waals surface area contributed by atoms with Gasteiger partial charge in [-0.2, -0.15) is 0 Å². The van der Waals surface area contributed by atoms with Gasteiger partial charge in [0.05, 0.1) is 6.61 Å². The predicted octanol–water partition coefficient (Wildman–Crippen LogP) is 4.95. The molecule has 0 aliphatic carbocycles. The Labute approximate surface area is 128 Å². The minimum absolute atomic E-state index is 0.385. The fourth-order valence-corrected chi connectivity index (χ4v) is 2.77. The highest BCUT2D eigenvalue weighted by Crippen LogP contribution is 2.40. The molecular weight excluding hydrogens is 270 g/mol. The second-order valence-electron chi connectivity index (χ2n) is 5.84. The van der Waals surface area contributed by atoms with Crippen LogP contribution in [0.15, 0.2) is 12.1 Å². The Balaban J connectivity index is 3.28. The molecule has 0 saturated heterocycles. The zero-order chi connectivity index (χ0) is 15.3.